The van der Waals surface area contributed by atoms with Gasteiger partial charge in [-0.05, 0) is 44.2 Å². The molecule has 2 N–H and O–H groups in total. The van der Waals surface area contributed by atoms with Crippen LogP contribution in [0.15, 0.2) is 12.1 Å². The van der Waals surface area contributed by atoms with Gasteiger partial charge in [-0.3, -0.25) is 4.79 Å². The smallest absolute Gasteiger partial charge is 0.326 e. The Morgan fingerprint density at radius 3 is 2.36 bits per heavy atom. The third-order valence-electron chi connectivity index (χ3n) is 3.85. The zero-order chi connectivity index (χ0) is 16.3. The summed E-state index contributed by atoms with van der Waals surface area (Å²) in [6.45, 7) is 5.70. The number of nitrogens with one attached hydrogen (secondary N) is 1. The molecule has 0 aromatic heterocycles. The molecule has 1 unspecified atom stereocenters. The van der Waals surface area contributed by atoms with E-state index in [0.717, 1.165) is 29.5 Å². The molecular weight excluding hydrogens is 282 g/mol. The molecule has 1 fully saturated rings. The van der Waals surface area contributed by atoms with E-state index >= 15 is 0 Å². The van der Waals surface area contributed by atoms with Crippen LogP contribution in [-0.4, -0.2) is 29.6 Å². The second kappa shape index (κ2) is 6.81. The Labute approximate surface area is 130 Å². The van der Waals surface area contributed by atoms with E-state index in [1.165, 1.54) is 0 Å². The molecule has 5 nitrogen and oxygen atoms in total. The number of rotatable bonds is 7. The number of carbonyl (C=O) groups excluding carboxylic acids is 1. The Hall–Kier alpha value is -2.04. The molecule has 22 heavy (non-hydrogen) atoms. The standard InChI is InChI=1S/C17H23NO4/c1-10-6-11(2)16(12(3)7-10)22-9-15(19)18-14(17(20)21)8-13-4-5-13/h6-7,13-14H,4-5,8-9H2,1-3H3,(H,18,19)(H,20,21). The third-order valence-corrected chi connectivity index (χ3v) is 3.85. The molecule has 0 aliphatic heterocycles. The van der Waals surface area contributed by atoms with Gasteiger partial charge in [0, 0.05) is 0 Å². The minimum atomic E-state index is -0.983. The van der Waals surface area contributed by atoms with Crippen LogP contribution in [-0.2, 0) is 9.59 Å². The molecule has 120 valence electrons. The van der Waals surface area contributed by atoms with Crippen molar-refractivity contribution < 1.29 is 19.4 Å². The Morgan fingerprint density at radius 2 is 1.86 bits per heavy atom. The molecule has 1 aliphatic rings. The van der Waals surface area contributed by atoms with Gasteiger partial charge < -0.3 is 15.2 Å². The number of ether oxygens (including phenoxy) is 1. The maximum absolute atomic E-state index is 11.9. The normalized spacial score (nSPS) is 15.2. The fourth-order valence-corrected chi connectivity index (χ4v) is 2.68. The third kappa shape index (κ3) is 4.48. The molecular formula is C17H23NO4. The summed E-state index contributed by atoms with van der Waals surface area (Å²) in [4.78, 5) is 23.1. The van der Waals surface area contributed by atoms with Crippen LogP contribution >= 0.6 is 0 Å². The summed E-state index contributed by atoms with van der Waals surface area (Å²) in [7, 11) is 0. The van der Waals surface area contributed by atoms with Gasteiger partial charge in [-0.1, -0.05) is 30.5 Å². The Bertz CT molecular complexity index is 555. The Balaban J connectivity index is 1.90. The van der Waals surface area contributed by atoms with Gasteiger partial charge in [0.05, 0.1) is 0 Å². The molecule has 5 heteroatoms. The van der Waals surface area contributed by atoms with Gasteiger partial charge in [0.1, 0.15) is 11.8 Å². The summed E-state index contributed by atoms with van der Waals surface area (Å²) in [6, 6.07) is 3.17. The monoisotopic (exact) mass is 305 g/mol. The summed E-state index contributed by atoms with van der Waals surface area (Å²) >= 11 is 0. The number of amides is 1. The minimum Gasteiger partial charge on any atom is -0.483 e. The van der Waals surface area contributed by atoms with Crippen molar-refractivity contribution in [2.24, 2.45) is 5.92 Å². The zero-order valence-corrected chi connectivity index (χ0v) is 13.3. The van der Waals surface area contributed by atoms with Gasteiger partial charge in [-0.2, -0.15) is 0 Å². The van der Waals surface area contributed by atoms with Gasteiger partial charge in [-0.25, -0.2) is 4.79 Å². The first-order valence-corrected chi connectivity index (χ1v) is 7.59. The van der Waals surface area contributed by atoms with E-state index < -0.39 is 17.9 Å². The van der Waals surface area contributed by atoms with E-state index in [9.17, 15) is 9.59 Å². The van der Waals surface area contributed by atoms with Crippen LogP contribution in [0.5, 0.6) is 5.75 Å². The highest BCUT2D eigenvalue weighted by molar-refractivity contribution is 5.84. The van der Waals surface area contributed by atoms with Crippen molar-refractivity contribution in [1.82, 2.24) is 5.32 Å². The fourth-order valence-electron chi connectivity index (χ4n) is 2.68. The molecule has 1 aromatic rings. The molecule has 0 saturated heterocycles. The van der Waals surface area contributed by atoms with Crippen molar-refractivity contribution in [2.45, 2.75) is 46.1 Å². The van der Waals surface area contributed by atoms with E-state index in [-0.39, 0.29) is 6.61 Å². The largest absolute Gasteiger partial charge is 0.483 e. The lowest BCUT2D eigenvalue weighted by molar-refractivity contribution is -0.142. The lowest BCUT2D eigenvalue weighted by atomic mass is 10.1. The predicted molar refractivity (Wildman–Crippen MR) is 83.1 cm³/mol. The topological polar surface area (TPSA) is 75.6 Å². The number of carboxylic acids is 1. The quantitative estimate of drug-likeness (QED) is 0.811. The van der Waals surface area contributed by atoms with E-state index in [0.29, 0.717) is 18.1 Å². The second-order valence-electron chi connectivity index (χ2n) is 6.15. The maximum Gasteiger partial charge on any atom is 0.326 e. The van der Waals surface area contributed by atoms with Crippen LogP contribution in [0.2, 0.25) is 0 Å². The average molecular weight is 305 g/mol. The Morgan fingerprint density at radius 1 is 1.27 bits per heavy atom. The summed E-state index contributed by atoms with van der Waals surface area (Å²) in [5, 5.41) is 11.7. The minimum absolute atomic E-state index is 0.167. The SMILES string of the molecule is Cc1cc(C)c(OCC(=O)NC(CC2CC2)C(=O)O)c(C)c1. The highest BCUT2D eigenvalue weighted by Gasteiger charge is 2.30. The van der Waals surface area contributed by atoms with Crippen LogP contribution < -0.4 is 10.1 Å². The first kappa shape index (κ1) is 16.3. The van der Waals surface area contributed by atoms with E-state index in [1.54, 1.807) is 0 Å². The van der Waals surface area contributed by atoms with E-state index in [2.05, 4.69) is 5.32 Å². The van der Waals surface area contributed by atoms with Crippen molar-refractivity contribution in [3.8, 4) is 5.75 Å². The van der Waals surface area contributed by atoms with Gasteiger partial charge in [-0.15, -0.1) is 0 Å². The number of carboxylic acid groups (broad SMARTS) is 1. The van der Waals surface area contributed by atoms with Crippen LogP contribution in [0.25, 0.3) is 0 Å². The molecule has 0 radical (unpaired) electrons. The Kier molecular flexibility index (Phi) is 5.06. The molecule has 0 spiro atoms. The number of hydrogen-bond acceptors (Lipinski definition) is 3. The first-order valence-electron chi connectivity index (χ1n) is 7.59. The number of benzene rings is 1. The molecule has 1 atom stereocenters. The van der Waals surface area contributed by atoms with E-state index in [4.69, 9.17) is 9.84 Å². The average Bonchev–Trinajstić information content (AvgIpc) is 3.20. The van der Waals surface area contributed by atoms with Crippen LogP contribution in [0.3, 0.4) is 0 Å². The van der Waals surface area contributed by atoms with Gasteiger partial charge in [0.25, 0.3) is 5.91 Å². The number of aliphatic carboxylic acids is 1. The molecule has 1 saturated carbocycles. The lowest BCUT2D eigenvalue weighted by Crippen LogP contribution is -2.43. The van der Waals surface area contributed by atoms with Crippen molar-refractivity contribution in [3.63, 3.8) is 0 Å². The van der Waals surface area contributed by atoms with Gasteiger partial charge in [0.15, 0.2) is 6.61 Å². The van der Waals surface area contributed by atoms with Crippen LogP contribution in [0, 0.1) is 26.7 Å². The van der Waals surface area contributed by atoms with Crippen molar-refractivity contribution >= 4 is 11.9 Å². The summed E-state index contributed by atoms with van der Waals surface area (Å²) in [5.74, 6) is -0.255. The van der Waals surface area contributed by atoms with E-state index in [1.807, 2.05) is 32.9 Å². The highest BCUT2D eigenvalue weighted by Crippen LogP contribution is 2.33. The molecule has 0 bridgehead atoms. The predicted octanol–water partition coefficient (Wildman–Crippen LogP) is 2.36. The van der Waals surface area contributed by atoms with Crippen molar-refractivity contribution in [1.29, 1.82) is 0 Å². The van der Waals surface area contributed by atoms with Crippen molar-refractivity contribution in [3.05, 3.63) is 28.8 Å². The van der Waals surface area contributed by atoms with Gasteiger partial charge in [0.2, 0.25) is 0 Å². The maximum atomic E-state index is 11.9. The number of carbonyl (C=O) groups is 2. The summed E-state index contributed by atoms with van der Waals surface area (Å²) < 4.78 is 5.58. The van der Waals surface area contributed by atoms with Crippen LogP contribution in [0.4, 0.5) is 0 Å². The summed E-state index contributed by atoms with van der Waals surface area (Å²) in [6.07, 6.45) is 2.61. The van der Waals surface area contributed by atoms with Crippen molar-refractivity contribution in [2.75, 3.05) is 6.61 Å². The molecule has 1 aliphatic carbocycles. The summed E-state index contributed by atoms with van der Waals surface area (Å²) in [5.41, 5.74) is 3.08. The second-order valence-corrected chi connectivity index (χ2v) is 6.15. The molecule has 2 rings (SSSR count). The highest BCUT2D eigenvalue weighted by atomic mass is 16.5. The first-order chi connectivity index (χ1) is 10.4. The lowest BCUT2D eigenvalue weighted by Gasteiger charge is -2.16. The van der Waals surface area contributed by atoms with Gasteiger partial charge >= 0.3 is 5.97 Å². The zero-order valence-electron chi connectivity index (χ0n) is 13.3. The molecule has 0 heterocycles. The molecule has 1 amide bonds. The number of hydrogen-bond donors (Lipinski definition) is 2. The molecule has 1 aromatic carbocycles. The van der Waals surface area contributed by atoms with Crippen LogP contribution in [0.1, 0.15) is 36.0 Å². The fraction of sp³-hybridized carbons (Fsp3) is 0.529. The number of aryl methyl sites for hydroxylation is 3.